The van der Waals surface area contributed by atoms with Crippen LogP contribution in [-0.4, -0.2) is 50.2 Å². The molecule has 0 aliphatic carbocycles. The first kappa shape index (κ1) is 18.7. The summed E-state index contributed by atoms with van der Waals surface area (Å²) in [6.45, 7) is 3.05. The highest BCUT2D eigenvalue weighted by molar-refractivity contribution is 8.00. The third-order valence-electron chi connectivity index (χ3n) is 4.60. The largest absolute Gasteiger partial charge is 0.376 e. The van der Waals surface area contributed by atoms with Crippen LogP contribution in [0.2, 0.25) is 0 Å². The molecule has 0 bridgehead atoms. The van der Waals surface area contributed by atoms with Crippen molar-refractivity contribution in [3.8, 4) is 5.69 Å². The van der Waals surface area contributed by atoms with Crippen molar-refractivity contribution < 1.29 is 9.53 Å². The minimum absolute atomic E-state index is 0.0932. The molecule has 1 amide bonds. The molecule has 1 fully saturated rings. The Morgan fingerprint density at radius 1 is 1.43 bits per heavy atom. The number of H-pyrrole nitrogens is 1. The van der Waals surface area contributed by atoms with Gasteiger partial charge < -0.3 is 15.0 Å². The maximum absolute atomic E-state index is 12.4. The van der Waals surface area contributed by atoms with Crippen LogP contribution < -0.4 is 10.9 Å². The molecule has 1 aliphatic rings. The van der Waals surface area contributed by atoms with Gasteiger partial charge in [0.25, 0.3) is 5.56 Å². The molecule has 0 spiro atoms. The van der Waals surface area contributed by atoms with Crippen molar-refractivity contribution >= 4 is 28.7 Å². The number of hydrogen-bond donors (Lipinski definition) is 2. The summed E-state index contributed by atoms with van der Waals surface area (Å²) in [4.78, 5) is 32.1. The Balaban J connectivity index is 1.52. The molecule has 3 aromatic rings. The first-order chi connectivity index (χ1) is 13.6. The topological polar surface area (TPSA) is 102 Å². The van der Waals surface area contributed by atoms with E-state index in [0.29, 0.717) is 22.7 Å². The van der Waals surface area contributed by atoms with Crippen molar-refractivity contribution in [2.24, 2.45) is 0 Å². The molecule has 1 aliphatic heterocycles. The molecule has 28 heavy (non-hydrogen) atoms. The molecule has 2 N–H and O–H groups in total. The minimum Gasteiger partial charge on any atom is -0.376 e. The van der Waals surface area contributed by atoms with E-state index < -0.39 is 5.25 Å². The fourth-order valence-corrected chi connectivity index (χ4v) is 3.91. The Kier molecular flexibility index (Phi) is 5.45. The molecule has 0 radical (unpaired) electrons. The summed E-state index contributed by atoms with van der Waals surface area (Å²) < 4.78 is 7.14. The van der Waals surface area contributed by atoms with E-state index in [1.807, 2.05) is 30.3 Å². The second-order valence-corrected chi connectivity index (χ2v) is 7.97. The Labute approximate surface area is 165 Å². The van der Waals surface area contributed by atoms with Gasteiger partial charge in [-0.15, -0.1) is 0 Å². The van der Waals surface area contributed by atoms with Crippen LogP contribution in [0.25, 0.3) is 16.7 Å². The highest BCUT2D eigenvalue weighted by Crippen LogP contribution is 2.21. The van der Waals surface area contributed by atoms with Crippen LogP contribution in [0.5, 0.6) is 0 Å². The van der Waals surface area contributed by atoms with Crippen LogP contribution in [0.15, 0.2) is 46.5 Å². The Bertz CT molecular complexity index is 1030. The number of rotatable bonds is 6. The number of aromatic nitrogens is 4. The summed E-state index contributed by atoms with van der Waals surface area (Å²) in [5.41, 5.74) is 1.000. The second kappa shape index (κ2) is 8.15. The summed E-state index contributed by atoms with van der Waals surface area (Å²) in [5.74, 6) is -0.111. The maximum Gasteiger partial charge on any atom is 0.262 e. The number of aromatic amines is 1. The monoisotopic (exact) mass is 399 g/mol. The van der Waals surface area contributed by atoms with Gasteiger partial charge in [0.05, 0.1) is 23.2 Å². The number of fused-ring (bicyclic) bond motifs is 1. The lowest BCUT2D eigenvalue weighted by molar-refractivity contribution is -0.120. The molecule has 2 atom stereocenters. The van der Waals surface area contributed by atoms with Crippen molar-refractivity contribution in [3.05, 3.63) is 46.9 Å². The van der Waals surface area contributed by atoms with Crippen LogP contribution in [0.4, 0.5) is 0 Å². The number of nitrogens with one attached hydrogen (secondary N) is 2. The predicted octanol–water partition coefficient (Wildman–Crippen LogP) is 1.88. The number of nitrogens with zero attached hydrogens (tertiary/aromatic N) is 3. The number of benzene rings is 1. The van der Waals surface area contributed by atoms with Crippen molar-refractivity contribution in [1.29, 1.82) is 0 Å². The molecule has 3 heterocycles. The van der Waals surface area contributed by atoms with Crippen molar-refractivity contribution in [1.82, 2.24) is 25.1 Å². The predicted molar refractivity (Wildman–Crippen MR) is 107 cm³/mol. The molecular weight excluding hydrogens is 378 g/mol. The number of thioether (sulfide) groups is 1. The van der Waals surface area contributed by atoms with Crippen LogP contribution in [0, 0.1) is 0 Å². The van der Waals surface area contributed by atoms with E-state index in [1.165, 1.54) is 18.0 Å². The van der Waals surface area contributed by atoms with E-state index in [9.17, 15) is 9.59 Å². The molecule has 1 saturated heterocycles. The van der Waals surface area contributed by atoms with Gasteiger partial charge in [-0.25, -0.2) is 9.67 Å². The van der Waals surface area contributed by atoms with Crippen molar-refractivity contribution in [2.75, 3.05) is 13.2 Å². The lowest BCUT2D eigenvalue weighted by Crippen LogP contribution is -2.36. The summed E-state index contributed by atoms with van der Waals surface area (Å²) in [7, 11) is 0. The molecule has 9 heteroatoms. The normalized spacial score (nSPS) is 17.7. The smallest absolute Gasteiger partial charge is 0.262 e. The molecule has 8 nitrogen and oxygen atoms in total. The van der Waals surface area contributed by atoms with Gasteiger partial charge in [-0.2, -0.15) is 5.10 Å². The highest BCUT2D eigenvalue weighted by Gasteiger charge is 2.21. The van der Waals surface area contributed by atoms with Gasteiger partial charge in [-0.3, -0.25) is 9.59 Å². The maximum atomic E-state index is 12.4. The number of amides is 1. The number of carbonyl (C=O) groups excluding carboxylic acids is 1. The third kappa shape index (κ3) is 3.95. The van der Waals surface area contributed by atoms with E-state index in [1.54, 1.807) is 11.6 Å². The molecule has 0 saturated carbocycles. The van der Waals surface area contributed by atoms with Gasteiger partial charge in [0.15, 0.2) is 10.8 Å². The first-order valence-electron chi connectivity index (χ1n) is 9.21. The van der Waals surface area contributed by atoms with Gasteiger partial charge in [-0.05, 0) is 31.9 Å². The van der Waals surface area contributed by atoms with Gasteiger partial charge in [0.2, 0.25) is 5.91 Å². The van der Waals surface area contributed by atoms with E-state index in [-0.39, 0.29) is 17.6 Å². The quantitative estimate of drug-likeness (QED) is 0.485. The molecule has 4 rings (SSSR count). The van der Waals surface area contributed by atoms with Gasteiger partial charge in [0, 0.05) is 13.2 Å². The minimum atomic E-state index is -0.407. The Morgan fingerprint density at radius 2 is 2.25 bits per heavy atom. The van der Waals surface area contributed by atoms with Crippen LogP contribution in [0.3, 0.4) is 0 Å². The fourth-order valence-electron chi connectivity index (χ4n) is 3.10. The average Bonchev–Trinajstić information content (AvgIpc) is 3.36. The zero-order valence-corrected chi connectivity index (χ0v) is 16.2. The number of hydrogen-bond acceptors (Lipinski definition) is 6. The number of ether oxygens (including phenoxy) is 1. The van der Waals surface area contributed by atoms with Crippen molar-refractivity contribution in [3.63, 3.8) is 0 Å². The molecule has 2 aromatic heterocycles. The Morgan fingerprint density at radius 3 is 3.00 bits per heavy atom. The van der Waals surface area contributed by atoms with E-state index >= 15 is 0 Å². The molecular formula is C19H21N5O3S. The summed E-state index contributed by atoms with van der Waals surface area (Å²) in [6.07, 6.45) is 3.60. The lowest BCUT2D eigenvalue weighted by atomic mass is 10.2. The van der Waals surface area contributed by atoms with Crippen molar-refractivity contribution in [2.45, 2.75) is 36.3 Å². The number of carbonyl (C=O) groups is 1. The SMILES string of the molecule is C[C@H](Sc1nc2c(cnn2-c2ccccc2)c(=O)[nH]1)C(=O)NC[C@@H]1CCCO1. The highest BCUT2D eigenvalue weighted by atomic mass is 32.2. The molecule has 146 valence electrons. The zero-order chi connectivity index (χ0) is 19.5. The lowest BCUT2D eigenvalue weighted by Gasteiger charge is -2.14. The average molecular weight is 399 g/mol. The second-order valence-electron chi connectivity index (χ2n) is 6.64. The zero-order valence-electron chi connectivity index (χ0n) is 15.4. The summed E-state index contributed by atoms with van der Waals surface area (Å²) >= 11 is 1.21. The molecule has 0 unspecified atom stereocenters. The fraction of sp³-hybridized carbons (Fsp3) is 0.368. The van der Waals surface area contributed by atoms with Gasteiger partial charge in [-0.1, -0.05) is 30.0 Å². The summed E-state index contributed by atoms with van der Waals surface area (Å²) in [6, 6.07) is 9.48. The van der Waals surface area contributed by atoms with Gasteiger partial charge >= 0.3 is 0 Å². The third-order valence-corrected chi connectivity index (χ3v) is 5.59. The number of para-hydroxylation sites is 1. The standard InChI is InChI=1S/C19H21N5O3S/c1-12(17(25)20-10-14-8-5-9-27-14)28-19-22-16-15(18(26)23-19)11-21-24(16)13-6-3-2-4-7-13/h2-4,6-7,11-12,14H,5,8-10H2,1H3,(H,20,25)(H,22,23,26)/t12-,14-/m0/s1. The first-order valence-corrected chi connectivity index (χ1v) is 10.1. The van der Waals surface area contributed by atoms with Crippen LogP contribution >= 0.6 is 11.8 Å². The van der Waals surface area contributed by atoms with E-state index in [4.69, 9.17) is 4.74 Å². The van der Waals surface area contributed by atoms with E-state index in [2.05, 4.69) is 20.4 Å². The van der Waals surface area contributed by atoms with Gasteiger partial charge in [0.1, 0.15) is 5.39 Å². The molecule has 1 aromatic carbocycles. The van der Waals surface area contributed by atoms with E-state index in [0.717, 1.165) is 25.1 Å². The van der Waals surface area contributed by atoms with Crippen LogP contribution in [0.1, 0.15) is 19.8 Å². The van der Waals surface area contributed by atoms with Crippen LogP contribution in [-0.2, 0) is 9.53 Å². The Hall–Kier alpha value is -2.65. The summed E-state index contributed by atoms with van der Waals surface area (Å²) in [5, 5.41) is 7.58.